The zero-order valence-electron chi connectivity index (χ0n) is 17.3. The second-order valence-corrected chi connectivity index (χ2v) is 8.01. The molecule has 29 heavy (non-hydrogen) atoms. The maximum absolute atomic E-state index is 12.8. The van der Waals surface area contributed by atoms with E-state index in [1.807, 2.05) is 44.2 Å². The monoisotopic (exact) mass is 393 g/mol. The summed E-state index contributed by atoms with van der Waals surface area (Å²) >= 11 is 0. The minimum absolute atomic E-state index is 0.0947. The second-order valence-electron chi connectivity index (χ2n) is 8.01. The lowest BCUT2D eigenvalue weighted by Crippen LogP contribution is -2.27. The average Bonchev–Trinajstić information content (AvgIpc) is 2.98. The highest BCUT2D eigenvalue weighted by atomic mass is 16.4. The van der Waals surface area contributed by atoms with Crippen LogP contribution in [0.3, 0.4) is 0 Å². The number of carbonyl (C=O) groups is 1. The van der Waals surface area contributed by atoms with Crippen LogP contribution < -0.4 is 5.69 Å². The predicted molar refractivity (Wildman–Crippen MR) is 113 cm³/mol. The van der Waals surface area contributed by atoms with Crippen molar-refractivity contribution in [2.45, 2.75) is 46.7 Å². The summed E-state index contributed by atoms with van der Waals surface area (Å²) in [6.45, 7) is 9.22. The highest BCUT2D eigenvalue weighted by Gasteiger charge is 2.17. The van der Waals surface area contributed by atoms with Gasteiger partial charge in [-0.2, -0.15) is 5.10 Å². The molecule has 0 aliphatic rings. The molecule has 0 radical (unpaired) electrons. The number of hydrogen-bond acceptors (Lipinski definition) is 3. The summed E-state index contributed by atoms with van der Waals surface area (Å²) < 4.78 is 3.28. The highest BCUT2D eigenvalue weighted by molar-refractivity contribution is 5.95. The van der Waals surface area contributed by atoms with Gasteiger partial charge in [-0.3, -0.25) is 4.57 Å². The molecule has 3 rings (SSSR count). The van der Waals surface area contributed by atoms with Crippen LogP contribution in [-0.4, -0.2) is 25.4 Å². The Hall–Kier alpha value is -3.15. The van der Waals surface area contributed by atoms with Crippen molar-refractivity contribution in [3.63, 3.8) is 0 Å². The number of aromatic nitrogens is 3. The van der Waals surface area contributed by atoms with E-state index in [9.17, 15) is 14.7 Å². The van der Waals surface area contributed by atoms with Gasteiger partial charge < -0.3 is 5.11 Å². The number of carboxylic acid groups (broad SMARTS) is 1. The molecule has 0 atom stereocenters. The summed E-state index contributed by atoms with van der Waals surface area (Å²) in [7, 11) is 0. The summed E-state index contributed by atoms with van der Waals surface area (Å²) in [6, 6.07) is 14.6. The molecule has 0 aliphatic heterocycles. The quantitative estimate of drug-likeness (QED) is 0.651. The SMILES string of the molecule is CC(C)Cn1nc(C(C)C)n(Cc2ccc(-c3ccccc3C(=O)O)cc2)c1=O. The molecule has 1 heterocycles. The van der Waals surface area contributed by atoms with E-state index in [2.05, 4.69) is 18.9 Å². The lowest BCUT2D eigenvalue weighted by Gasteiger charge is -2.10. The maximum Gasteiger partial charge on any atom is 0.346 e. The second kappa shape index (κ2) is 8.47. The minimum atomic E-state index is -0.949. The Balaban J connectivity index is 1.92. The standard InChI is InChI=1S/C23H27N3O3/c1-15(2)13-26-23(29)25(21(24-26)16(3)4)14-17-9-11-18(12-10-17)19-7-5-6-8-20(19)22(27)28/h5-12,15-16H,13-14H2,1-4H3,(H,27,28). The molecular formula is C23H27N3O3. The molecule has 152 valence electrons. The Kier molecular flexibility index (Phi) is 6.01. The van der Waals surface area contributed by atoms with Gasteiger partial charge in [-0.05, 0) is 28.7 Å². The van der Waals surface area contributed by atoms with E-state index < -0.39 is 5.97 Å². The normalized spacial score (nSPS) is 11.4. The molecule has 0 aliphatic carbocycles. The Bertz CT molecular complexity index is 1060. The van der Waals surface area contributed by atoms with Gasteiger partial charge in [0.1, 0.15) is 5.82 Å². The Morgan fingerprint density at radius 1 is 1.03 bits per heavy atom. The van der Waals surface area contributed by atoms with Crippen molar-refractivity contribution in [2.24, 2.45) is 5.92 Å². The first kappa shape index (κ1) is 20.6. The fourth-order valence-corrected chi connectivity index (χ4v) is 3.39. The summed E-state index contributed by atoms with van der Waals surface area (Å²) in [5.74, 6) is 0.300. The van der Waals surface area contributed by atoms with Crippen LogP contribution in [0.25, 0.3) is 11.1 Å². The Morgan fingerprint density at radius 3 is 2.28 bits per heavy atom. The van der Waals surface area contributed by atoms with Gasteiger partial charge in [0.05, 0.1) is 12.1 Å². The van der Waals surface area contributed by atoms with Gasteiger partial charge in [-0.1, -0.05) is 70.2 Å². The molecule has 0 saturated heterocycles. The van der Waals surface area contributed by atoms with E-state index in [4.69, 9.17) is 0 Å². The van der Waals surface area contributed by atoms with Crippen molar-refractivity contribution < 1.29 is 9.90 Å². The van der Waals surface area contributed by atoms with Gasteiger partial charge in [-0.25, -0.2) is 14.3 Å². The Labute approximate surface area is 170 Å². The third-order valence-electron chi connectivity index (χ3n) is 4.77. The topological polar surface area (TPSA) is 77.1 Å². The van der Waals surface area contributed by atoms with E-state index >= 15 is 0 Å². The lowest BCUT2D eigenvalue weighted by atomic mass is 9.99. The smallest absolute Gasteiger partial charge is 0.346 e. The number of benzene rings is 2. The van der Waals surface area contributed by atoms with Gasteiger partial charge in [0.2, 0.25) is 0 Å². The van der Waals surface area contributed by atoms with Crippen LogP contribution in [0.15, 0.2) is 53.3 Å². The molecule has 1 aromatic heterocycles. The van der Waals surface area contributed by atoms with Crippen LogP contribution in [0.2, 0.25) is 0 Å². The van der Waals surface area contributed by atoms with Gasteiger partial charge in [0, 0.05) is 12.5 Å². The van der Waals surface area contributed by atoms with Gasteiger partial charge in [-0.15, -0.1) is 0 Å². The molecule has 0 amide bonds. The number of nitrogens with zero attached hydrogens (tertiary/aromatic N) is 3. The molecule has 0 spiro atoms. The van der Waals surface area contributed by atoms with E-state index in [0.29, 0.717) is 24.6 Å². The first-order valence-electron chi connectivity index (χ1n) is 9.87. The van der Waals surface area contributed by atoms with Gasteiger partial charge in [0.25, 0.3) is 0 Å². The fraction of sp³-hybridized carbons (Fsp3) is 0.348. The van der Waals surface area contributed by atoms with E-state index in [1.165, 1.54) is 0 Å². The molecule has 6 nitrogen and oxygen atoms in total. The molecule has 6 heteroatoms. The zero-order chi connectivity index (χ0) is 21.1. The number of hydrogen-bond donors (Lipinski definition) is 1. The van der Waals surface area contributed by atoms with E-state index in [1.54, 1.807) is 27.4 Å². The van der Waals surface area contributed by atoms with E-state index in [0.717, 1.165) is 17.0 Å². The third kappa shape index (κ3) is 4.47. The third-order valence-corrected chi connectivity index (χ3v) is 4.77. The molecule has 0 fully saturated rings. The molecule has 2 aromatic carbocycles. The molecule has 0 bridgehead atoms. The minimum Gasteiger partial charge on any atom is -0.478 e. The van der Waals surface area contributed by atoms with Crippen LogP contribution >= 0.6 is 0 Å². The number of rotatable bonds is 7. The van der Waals surface area contributed by atoms with Crippen LogP contribution in [0, 0.1) is 5.92 Å². The lowest BCUT2D eigenvalue weighted by molar-refractivity contribution is 0.0697. The van der Waals surface area contributed by atoms with Crippen molar-refractivity contribution in [3.8, 4) is 11.1 Å². The van der Waals surface area contributed by atoms with Crippen LogP contribution in [0.5, 0.6) is 0 Å². The average molecular weight is 393 g/mol. The van der Waals surface area contributed by atoms with Crippen LogP contribution in [0.1, 0.15) is 55.4 Å². The van der Waals surface area contributed by atoms with E-state index in [-0.39, 0.29) is 17.2 Å². The van der Waals surface area contributed by atoms with Crippen LogP contribution in [0.4, 0.5) is 0 Å². The zero-order valence-corrected chi connectivity index (χ0v) is 17.3. The van der Waals surface area contributed by atoms with Crippen molar-refractivity contribution in [2.75, 3.05) is 0 Å². The van der Waals surface area contributed by atoms with Crippen molar-refractivity contribution in [1.82, 2.24) is 14.3 Å². The maximum atomic E-state index is 12.8. The summed E-state index contributed by atoms with van der Waals surface area (Å²) in [4.78, 5) is 24.3. The summed E-state index contributed by atoms with van der Waals surface area (Å²) in [6.07, 6.45) is 0. The van der Waals surface area contributed by atoms with Gasteiger partial charge >= 0.3 is 11.7 Å². The van der Waals surface area contributed by atoms with Crippen LogP contribution in [-0.2, 0) is 13.1 Å². The molecule has 0 unspecified atom stereocenters. The highest BCUT2D eigenvalue weighted by Crippen LogP contribution is 2.24. The molecule has 1 N–H and O–H groups in total. The largest absolute Gasteiger partial charge is 0.478 e. The molecule has 0 saturated carbocycles. The predicted octanol–water partition coefficient (Wildman–Crippen LogP) is 4.24. The number of aromatic carboxylic acids is 1. The first-order chi connectivity index (χ1) is 13.8. The Morgan fingerprint density at radius 2 is 1.69 bits per heavy atom. The van der Waals surface area contributed by atoms with Gasteiger partial charge in [0.15, 0.2) is 0 Å². The fourth-order valence-electron chi connectivity index (χ4n) is 3.39. The molecular weight excluding hydrogens is 366 g/mol. The number of carboxylic acids is 1. The summed E-state index contributed by atoms with van der Waals surface area (Å²) in [5, 5.41) is 14.0. The van der Waals surface area contributed by atoms with Crippen molar-refractivity contribution >= 4 is 5.97 Å². The molecule has 3 aromatic rings. The first-order valence-corrected chi connectivity index (χ1v) is 9.87. The van der Waals surface area contributed by atoms with Crippen molar-refractivity contribution in [1.29, 1.82) is 0 Å². The summed E-state index contributed by atoms with van der Waals surface area (Å²) in [5.41, 5.74) is 2.65. The van der Waals surface area contributed by atoms with Crippen molar-refractivity contribution in [3.05, 3.63) is 76.0 Å².